The number of piperidine rings is 1. The number of fused-ring (bicyclic) bond motifs is 3. The summed E-state index contributed by atoms with van der Waals surface area (Å²) in [4.78, 5) is 37.0. The molecule has 7 nitrogen and oxygen atoms in total. The van der Waals surface area contributed by atoms with E-state index in [2.05, 4.69) is 47.1 Å². The van der Waals surface area contributed by atoms with E-state index in [1.54, 1.807) is 23.2 Å². The molecule has 0 bridgehead atoms. The van der Waals surface area contributed by atoms with Crippen molar-refractivity contribution in [2.75, 3.05) is 19.7 Å². The molecule has 2 amide bonds. The highest BCUT2D eigenvalue weighted by molar-refractivity contribution is 6.06. The molecule has 3 saturated heterocycles. The van der Waals surface area contributed by atoms with Crippen molar-refractivity contribution in [3.05, 3.63) is 107 Å². The van der Waals surface area contributed by atoms with E-state index >= 15 is 0 Å². The maximum absolute atomic E-state index is 14.2. The highest BCUT2D eigenvalue weighted by atomic mass is 16.5. The number of amides is 2. The SMILES string of the molecule is CCCC1=C2[C@@H](CC/C(=C/c3cccc(O)c3)c3ccccn3)OC[C@@H]2[C@@H]2C(=O)N(C3CCN(Cc4ccccc4)CC3)C(=O)[C@@H]2C1. The van der Waals surface area contributed by atoms with Crippen LogP contribution in [-0.4, -0.2) is 63.5 Å². The van der Waals surface area contributed by atoms with E-state index in [9.17, 15) is 14.7 Å². The van der Waals surface area contributed by atoms with Gasteiger partial charge in [-0.25, -0.2) is 0 Å². The molecule has 0 radical (unpaired) electrons. The second-order valence-corrected chi connectivity index (χ2v) is 13.6. The Labute approximate surface area is 278 Å². The summed E-state index contributed by atoms with van der Waals surface area (Å²) in [7, 11) is 0. The average molecular weight is 632 g/mol. The lowest BCUT2D eigenvalue weighted by Crippen LogP contribution is -2.47. The molecule has 4 aliphatic rings. The van der Waals surface area contributed by atoms with Gasteiger partial charge in [0.1, 0.15) is 5.75 Å². The molecular formula is C40H45N3O4. The van der Waals surface area contributed by atoms with Crippen molar-refractivity contribution in [3.63, 3.8) is 0 Å². The fourth-order valence-corrected chi connectivity index (χ4v) is 8.50. The van der Waals surface area contributed by atoms with Gasteiger partial charge in [0.2, 0.25) is 11.8 Å². The largest absolute Gasteiger partial charge is 0.508 e. The zero-order chi connectivity index (χ0) is 32.3. The number of likely N-dealkylation sites (tertiary alicyclic amines) is 2. The van der Waals surface area contributed by atoms with Crippen LogP contribution in [0.4, 0.5) is 0 Å². The van der Waals surface area contributed by atoms with Crippen LogP contribution in [0.1, 0.15) is 68.7 Å². The van der Waals surface area contributed by atoms with Crippen LogP contribution in [-0.2, 0) is 20.9 Å². The van der Waals surface area contributed by atoms with Gasteiger partial charge in [-0.05, 0) is 91.1 Å². The standard InChI is InChI=1S/C40H45N3O4/c1-2-9-30-24-33-38(40(46)43(39(33)45)31-17-20-42(21-18-31)25-27-10-4-3-5-11-27)34-26-47-36(37(30)34)16-15-29(35-14-6-7-19-41-35)22-28-12-8-13-32(44)23-28/h3-8,10-14,19,22-23,31,33-34,36,38,44H,2,9,15-18,20-21,24-26H2,1H3/b29-22-/t33-,34+,36-,38-/m1/s1. The van der Waals surface area contributed by atoms with E-state index in [0.717, 1.165) is 75.0 Å². The van der Waals surface area contributed by atoms with Crippen molar-refractivity contribution in [2.45, 2.75) is 70.6 Å². The number of phenols is 1. The third-order valence-electron chi connectivity index (χ3n) is 10.6. The Morgan fingerprint density at radius 2 is 1.79 bits per heavy atom. The molecule has 1 aromatic heterocycles. The summed E-state index contributed by atoms with van der Waals surface area (Å²) in [5, 5.41) is 10.1. The molecule has 3 aromatic rings. The minimum atomic E-state index is -0.316. The first-order chi connectivity index (χ1) is 23.0. The topological polar surface area (TPSA) is 83.0 Å². The second kappa shape index (κ2) is 14.0. The number of imide groups is 1. The lowest BCUT2D eigenvalue weighted by molar-refractivity contribution is -0.144. The Bertz CT molecular complexity index is 1640. The van der Waals surface area contributed by atoms with Crippen molar-refractivity contribution < 1.29 is 19.4 Å². The van der Waals surface area contributed by atoms with Crippen LogP contribution in [0.3, 0.4) is 0 Å². The van der Waals surface area contributed by atoms with Crippen LogP contribution in [0.2, 0.25) is 0 Å². The third-order valence-corrected chi connectivity index (χ3v) is 10.6. The smallest absolute Gasteiger partial charge is 0.234 e. The Hall–Kier alpha value is -4.07. The molecule has 4 atom stereocenters. The first-order valence-corrected chi connectivity index (χ1v) is 17.4. The molecule has 2 aromatic carbocycles. The van der Waals surface area contributed by atoms with Crippen molar-refractivity contribution >= 4 is 23.5 Å². The van der Waals surface area contributed by atoms with Gasteiger partial charge < -0.3 is 9.84 Å². The summed E-state index contributed by atoms with van der Waals surface area (Å²) in [5.74, 6) is -0.310. The first kappa shape index (κ1) is 31.5. The molecule has 1 aliphatic carbocycles. The summed E-state index contributed by atoms with van der Waals surface area (Å²) in [5.41, 5.74) is 6.81. The van der Waals surface area contributed by atoms with Crippen LogP contribution in [0, 0.1) is 17.8 Å². The van der Waals surface area contributed by atoms with Crippen LogP contribution in [0.5, 0.6) is 5.75 Å². The highest BCUT2D eigenvalue weighted by Gasteiger charge is 2.58. The molecule has 7 rings (SSSR count). The minimum Gasteiger partial charge on any atom is -0.508 e. The van der Waals surface area contributed by atoms with E-state index in [0.29, 0.717) is 13.0 Å². The first-order valence-electron chi connectivity index (χ1n) is 17.4. The molecule has 0 spiro atoms. The molecule has 0 saturated carbocycles. The summed E-state index contributed by atoms with van der Waals surface area (Å²) in [6, 6.07) is 23.7. The Balaban J connectivity index is 1.07. The molecule has 3 aliphatic heterocycles. The molecule has 0 unspecified atom stereocenters. The normalized spacial score (nSPS) is 25.4. The molecular weight excluding hydrogens is 586 g/mol. The Morgan fingerprint density at radius 3 is 2.53 bits per heavy atom. The fraction of sp³-hybridized carbons (Fsp3) is 0.425. The van der Waals surface area contributed by atoms with Gasteiger partial charge >= 0.3 is 0 Å². The predicted octanol–water partition coefficient (Wildman–Crippen LogP) is 6.89. The number of aromatic hydroxyl groups is 1. The quantitative estimate of drug-likeness (QED) is 0.194. The Morgan fingerprint density at radius 1 is 0.979 bits per heavy atom. The number of rotatable bonds is 10. The number of allylic oxidation sites excluding steroid dienone is 2. The number of aromatic nitrogens is 1. The zero-order valence-corrected chi connectivity index (χ0v) is 27.3. The molecule has 47 heavy (non-hydrogen) atoms. The molecule has 1 N–H and O–H groups in total. The average Bonchev–Trinajstić information content (AvgIpc) is 3.62. The van der Waals surface area contributed by atoms with E-state index in [4.69, 9.17) is 4.74 Å². The number of ether oxygens (including phenoxy) is 1. The van der Waals surface area contributed by atoms with Crippen molar-refractivity contribution in [1.29, 1.82) is 0 Å². The fourth-order valence-electron chi connectivity index (χ4n) is 8.50. The molecule has 7 heteroatoms. The summed E-state index contributed by atoms with van der Waals surface area (Å²) >= 11 is 0. The maximum Gasteiger partial charge on any atom is 0.234 e. The van der Waals surface area contributed by atoms with E-state index in [1.165, 1.54) is 16.7 Å². The number of nitrogens with zero attached hydrogens (tertiary/aromatic N) is 3. The Kier molecular flexibility index (Phi) is 9.37. The molecule has 244 valence electrons. The van der Waals surface area contributed by atoms with Crippen molar-refractivity contribution in [2.24, 2.45) is 17.8 Å². The lowest BCUT2D eigenvalue weighted by atomic mass is 9.68. The summed E-state index contributed by atoms with van der Waals surface area (Å²) in [6.45, 7) is 5.36. The van der Waals surface area contributed by atoms with E-state index < -0.39 is 0 Å². The van der Waals surface area contributed by atoms with Crippen LogP contribution < -0.4 is 0 Å². The highest BCUT2D eigenvalue weighted by Crippen LogP contribution is 2.51. The second-order valence-electron chi connectivity index (χ2n) is 13.6. The van der Waals surface area contributed by atoms with Gasteiger partial charge in [-0.15, -0.1) is 0 Å². The van der Waals surface area contributed by atoms with E-state index in [-0.39, 0.29) is 47.5 Å². The number of benzene rings is 2. The van der Waals surface area contributed by atoms with Crippen LogP contribution in [0.25, 0.3) is 11.6 Å². The zero-order valence-electron chi connectivity index (χ0n) is 27.3. The van der Waals surface area contributed by atoms with Crippen LogP contribution >= 0.6 is 0 Å². The number of phenolic OH excluding ortho intramolecular Hbond substituents is 1. The van der Waals surface area contributed by atoms with Gasteiger partial charge in [0.25, 0.3) is 0 Å². The summed E-state index contributed by atoms with van der Waals surface area (Å²) in [6.07, 6.45) is 9.58. The van der Waals surface area contributed by atoms with Gasteiger partial charge in [0, 0.05) is 37.8 Å². The molecule has 3 fully saturated rings. The monoisotopic (exact) mass is 631 g/mol. The van der Waals surface area contributed by atoms with Crippen LogP contribution in [0.15, 0.2) is 90.1 Å². The molecule has 4 heterocycles. The van der Waals surface area contributed by atoms with Gasteiger partial charge in [-0.1, -0.05) is 67.4 Å². The number of carbonyl (C=O) groups is 2. The van der Waals surface area contributed by atoms with Gasteiger partial charge in [-0.3, -0.25) is 24.4 Å². The number of carbonyl (C=O) groups excluding carboxylic acids is 2. The third kappa shape index (κ3) is 6.56. The van der Waals surface area contributed by atoms with Gasteiger partial charge in [-0.2, -0.15) is 0 Å². The minimum absolute atomic E-state index is 0.0210. The van der Waals surface area contributed by atoms with Gasteiger partial charge in [0.15, 0.2) is 0 Å². The van der Waals surface area contributed by atoms with Gasteiger partial charge in [0.05, 0.1) is 30.2 Å². The predicted molar refractivity (Wildman–Crippen MR) is 183 cm³/mol. The van der Waals surface area contributed by atoms with Crippen molar-refractivity contribution in [1.82, 2.24) is 14.8 Å². The number of pyridine rings is 1. The van der Waals surface area contributed by atoms with Crippen molar-refractivity contribution in [3.8, 4) is 5.75 Å². The maximum atomic E-state index is 14.2. The van der Waals surface area contributed by atoms with E-state index in [1.807, 2.05) is 36.4 Å². The summed E-state index contributed by atoms with van der Waals surface area (Å²) < 4.78 is 6.54. The number of hydrogen-bond acceptors (Lipinski definition) is 6. The lowest BCUT2D eigenvalue weighted by Gasteiger charge is -2.36. The number of hydrogen-bond donors (Lipinski definition) is 1.